The van der Waals surface area contributed by atoms with E-state index in [2.05, 4.69) is 0 Å². The van der Waals surface area contributed by atoms with E-state index in [-0.39, 0.29) is 6.61 Å². The molecule has 1 rings (SSSR count). The topological polar surface area (TPSA) is 55.5 Å². The Labute approximate surface area is 78.1 Å². The van der Waals surface area contributed by atoms with Gasteiger partial charge < -0.3 is 15.6 Å². The van der Waals surface area contributed by atoms with Crippen molar-refractivity contribution in [1.29, 1.82) is 0 Å². The molecule has 0 aromatic heterocycles. The summed E-state index contributed by atoms with van der Waals surface area (Å²) in [5.74, 6) is 0.766. The Bertz CT molecular complexity index is 274. The van der Waals surface area contributed by atoms with Gasteiger partial charge in [0, 0.05) is 12.1 Å². The van der Waals surface area contributed by atoms with Crippen LogP contribution in [0.15, 0.2) is 18.2 Å². The molecule has 0 aliphatic rings. The lowest BCUT2D eigenvalue weighted by molar-refractivity contribution is 0.200. The van der Waals surface area contributed by atoms with Crippen molar-refractivity contribution >= 4 is 0 Å². The fourth-order valence-corrected chi connectivity index (χ4v) is 1.16. The number of nitrogens with two attached hydrogens (primary N) is 1. The van der Waals surface area contributed by atoms with Gasteiger partial charge in [-0.15, -0.1) is 0 Å². The SMILES string of the molecule is Cc1ccc(OCCO)c(CN)c1. The van der Waals surface area contributed by atoms with Crippen LogP contribution in [0.2, 0.25) is 0 Å². The number of benzene rings is 1. The van der Waals surface area contributed by atoms with Crippen molar-refractivity contribution in [2.75, 3.05) is 13.2 Å². The molecule has 3 heteroatoms. The third kappa shape index (κ3) is 2.72. The number of hydrogen-bond donors (Lipinski definition) is 2. The summed E-state index contributed by atoms with van der Waals surface area (Å²) in [5, 5.41) is 8.59. The summed E-state index contributed by atoms with van der Waals surface area (Å²) in [6.45, 7) is 2.81. The molecule has 0 radical (unpaired) electrons. The Morgan fingerprint density at radius 3 is 2.85 bits per heavy atom. The molecule has 0 heterocycles. The lowest BCUT2D eigenvalue weighted by Crippen LogP contribution is -2.06. The summed E-state index contributed by atoms with van der Waals surface area (Å²) in [5.41, 5.74) is 7.69. The normalized spacial score (nSPS) is 10.1. The van der Waals surface area contributed by atoms with E-state index in [1.807, 2.05) is 25.1 Å². The minimum atomic E-state index is 0.0257. The molecule has 0 aliphatic heterocycles. The summed E-state index contributed by atoms with van der Waals surface area (Å²) in [7, 11) is 0. The largest absolute Gasteiger partial charge is 0.491 e. The first-order valence-electron chi connectivity index (χ1n) is 4.31. The van der Waals surface area contributed by atoms with Gasteiger partial charge in [-0.05, 0) is 13.0 Å². The average Bonchev–Trinajstić information content (AvgIpc) is 2.16. The van der Waals surface area contributed by atoms with Crippen LogP contribution >= 0.6 is 0 Å². The van der Waals surface area contributed by atoms with Gasteiger partial charge in [-0.3, -0.25) is 0 Å². The van der Waals surface area contributed by atoms with Gasteiger partial charge in [0.25, 0.3) is 0 Å². The maximum atomic E-state index is 8.59. The van der Waals surface area contributed by atoms with Crippen molar-refractivity contribution in [3.8, 4) is 5.75 Å². The Kier molecular flexibility index (Phi) is 3.73. The van der Waals surface area contributed by atoms with Crippen molar-refractivity contribution in [3.63, 3.8) is 0 Å². The molecular formula is C10H15NO2. The van der Waals surface area contributed by atoms with E-state index in [1.165, 1.54) is 0 Å². The molecule has 1 aromatic carbocycles. The van der Waals surface area contributed by atoms with Gasteiger partial charge in [-0.1, -0.05) is 17.7 Å². The molecule has 3 N–H and O–H groups in total. The molecule has 0 fully saturated rings. The fourth-order valence-electron chi connectivity index (χ4n) is 1.16. The molecule has 0 saturated carbocycles. The van der Waals surface area contributed by atoms with Crippen LogP contribution in [0.1, 0.15) is 11.1 Å². The van der Waals surface area contributed by atoms with Gasteiger partial charge >= 0.3 is 0 Å². The number of aryl methyl sites for hydroxylation is 1. The van der Waals surface area contributed by atoms with E-state index >= 15 is 0 Å². The highest BCUT2D eigenvalue weighted by molar-refractivity contribution is 5.36. The van der Waals surface area contributed by atoms with Crippen molar-refractivity contribution in [2.45, 2.75) is 13.5 Å². The van der Waals surface area contributed by atoms with Crippen LogP contribution in [-0.4, -0.2) is 18.3 Å². The van der Waals surface area contributed by atoms with E-state index in [0.717, 1.165) is 16.9 Å². The standard InChI is InChI=1S/C10H15NO2/c1-8-2-3-10(13-5-4-12)9(6-8)7-11/h2-3,6,12H,4-5,7,11H2,1H3. The van der Waals surface area contributed by atoms with Crippen LogP contribution in [0.3, 0.4) is 0 Å². The Balaban J connectivity index is 2.79. The quantitative estimate of drug-likeness (QED) is 0.723. The number of aliphatic hydroxyl groups is 1. The monoisotopic (exact) mass is 181 g/mol. The second-order valence-electron chi connectivity index (χ2n) is 2.89. The summed E-state index contributed by atoms with van der Waals surface area (Å²) in [4.78, 5) is 0. The number of aliphatic hydroxyl groups excluding tert-OH is 1. The lowest BCUT2D eigenvalue weighted by atomic mass is 10.1. The Morgan fingerprint density at radius 2 is 2.23 bits per heavy atom. The maximum absolute atomic E-state index is 8.59. The van der Waals surface area contributed by atoms with Crippen LogP contribution in [0.4, 0.5) is 0 Å². The van der Waals surface area contributed by atoms with Crippen molar-refractivity contribution in [1.82, 2.24) is 0 Å². The van der Waals surface area contributed by atoms with E-state index < -0.39 is 0 Å². The first-order valence-corrected chi connectivity index (χ1v) is 4.31. The van der Waals surface area contributed by atoms with E-state index in [0.29, 0.717) is 13.2 Å². The number of hydrogen-bond acceptors (Lipinski definition) is 3. The molecule has 0 unspecified atom stereocenters. The number of ether oxygens (including phenoxy) is 1. The van der Waals surface area contributed by atoms with Gasteiger partial charge in [0.2, 0.25) is 0 Å². The van der Waals surface area contributed by atoms with Gasteiger partial charge in [0.15, 0.2) is 0 Å². The van der Waals surface area contributed by atoms with Crippen molar-refractivity contribution in [3.05, 3.63) is 29.3 Å². The molecular weight excluding hydrogens is 166 g/mol. The van der Waals surface area contributed by atoms with Crippen molar-refractivity contribution in [2.24, 2.45) is 5.73 Å². The highest BCUT2D eigenvalue weighted by atomic mass is 16.5. The van der Waals surface area contributed by atoms with Crippen molar-refractivity contribution < 1.29 is 9.84 Å². The minimum Gasteiger partial charge on any atom is -0.491 e. The van der Waals surface area contributed by atoms with Gasteiger partial charge in [0.1, 0.15) is 12.4 Å². The highest BCUT2D eigenvalue weighted by Gasteiger charge is 2.01. The van der Waals surface area contributed by atoms with Gasteiger partial charge in [-0.2, -0.15) is 0 Å². The predicted molar refractivity (Wildman–Crippen MR) is 51.7 cm³/mol. The second kappa shape index (κ2) is 4.84. The zero-order valence-electron chi connectivity index (χ0n) is 7.79. The van der Waals surface area contributed by atoms with Crippen LogP contribution < -0.4 is 10.5 Å². The summed E-state index contributed by atoms with van der Waals surface area (Å²) in [6, 6.07) is 5.84. The zero-order chi connectivity index (χ0) is 9.68. The molecule has 0 amide bonds. The molecule has 72 valence electrons. The smallest absolute Gasteiger partial charge is 0.123 e. The first-order chi connectivity index (χ1) is 6.27. The lowest BCUT2D eigenvalue weighted by Gasteiger charge is -2.09. The molecule has 3 nitrogen and oxygen atoms in total. The third-order valence-corrected chi connectivity index (χ3v) is 1.78. The molecule has 0 saturated heterocycles. The fraction of sp³-hybridized carbons (Fsp3) is 0.400. The summed E-state index contributed by atoms with van der Waals surface area (Å²) >= 11 is 0. The van der Waals surface area contributed by atoms with Crippen LogP contribution in [0.25, 0.3) is 0 Å². The first kappa shape index (κ1) is 10.0. The Morgan fingerprint density at radius 1 is 1.46 bits per heavy atom. The average molecular weight is 181 g/mol. The van der Waals surface area contributed by atoms with Gasteiger partial charge in [-0.25, -0.2) is 0 Å². The molecule has 0 atom stereocenters. The van der Waals surface area contributed by atoms with Crippen LogP contribution in [0, 0.1) is 6.92 Å². The van der Waals surface area contributed by atoms with Gasteiger partial charge in [0.05, 0.1) is 6.61 Å². The summed E-state index contributed by atoms with van der Waals surface area (Å²) in [6.07, 6.45) is 0. The Hall–Kier alpha value is -1.06. The number of rotatable bonds is 4. The zero-order valence-corrected chi connectivity index (χ0v) is 7.79. The van der Waals surface area contributed by atoms with E-state index in [9.17, 15) is 0 Å². The predicted octanol–water partition coefficient (Wildman–Crippen LogP) is 0.825. The third-order valence-electron chi connectivity index (χ3n) is 1.78. The summed E-state index contributed by atoms with van der Waals surface area (Å²) < 4.78 is 5.30. The maximum Gasteiger partial charge on any atom is 0.123 e. The van der Waals surface area contributed by atoms with E-state index in [1.54, 1.807) is 0 Å². The highest BCUT2D eigenvalue weighted by Crippen LogP contribution is 2.19. The molecule has 0 spiro atoms. The molecule has 0 bridgehead atoms. The van der Waals surface area contributed by atoms with E-state index in [4.69, 9.17) is 15.6 Å². The second-order valence-corrected chi connectivity index (χ2v) is 2.89. The molecule has 1 aromatic rings. The molecule has 0 aliphatic carbocycles. The van der Waals surface area contributed by atoms with Crippen LogP contribution in [-0.2, 0) is 6.54 Å². The molecule has 13 heavy (non-hydrogen) atoms. The van der Waals surface area contributed by atoms with Crippen LogP contribution in [0.5, 0.6) is 5.75 Å². The minimum absolute atomic E-state index is 0.0257.